The molecule has 7 aliphatic rings. The zero-order valence-electron chi connectivity index (χ0n) is 29.6. The smallest absolute Gasteiger partial charge is 0.248 e. The Labute approximate surface area is 297 Å². The van der Waals surface area contributed by atoms with Crippen LogP contribution in [0.4, 0.5) is 0 Å². The first kappa shape index (κ1) is 38.8. The van der Waals surface area contributed by atoms with Gasteiger partial charge in [-0.25, -0.2) is 0 Å². The predicted molar refractivity (Wildman–Crippen MR) is 181 cm³/mol. The maximum Gasteiger partial charge on any atom is 0.248 e. The van der Waals surface area contributed by atoms with Crippen LogP contribution in [0.15, 0.2) is 0 Å². The molecular weight excluding hydrogens is 666 g/mol. The van der Waals surface area contributed by atoms with Gasteiger partial charge in [-0.1, -0.05) is 0 Å². The minimum atomic E-state index is -0.930. The average Bonchev–Trinajstić information content (AvgIpc) is 3.92. The largest absolute Gasteiger partial charge is 0.394 e. The van der Waals surface area contributed by atoms with Crippen molar-refractivity contribution >= 4 is 35.4 Å². The zero-order chi connectivity index (χ0) is 37.3. The maximum absolute atomic E-state index is 12.5. The van der Waals surface area contributed by atoms with E-state index in [4.69, 9.17) is 16.6 Å². The second-order valence-electron chi connectivity index (χ2n) is 15.0. The number of carbonyl (C=O) groups is 6. The lowest BCUT2D eigenvalue weighted by molar-refractivity contribution is -0.167. The van der Waals surface area contributed by atoms with E-state index >= 15 is 0 Å². The summed E-state index contributed by atoms with van der Waals surface area (Å²) in [6, 6.07) is -2.49. The fourth-order valence-electron chi connectivity index (χ4n) is 8.63. The van der Waals surface area contributed by atoms with Crippen LogP contribution in [-0.4, -0.2) is 176 Å². The van der Waals surface area contributed by atoms with Crippen molar-refractivity contribution in [2.75, 3.05) is 59.0 Å². The zero-order valence-corrected chi connectivity index (χ0v) is 29.6. The molecule has 6 amide bonds. The van der Waals surface area contributed by atoms with Crippen LogP contribution in [0.1, 0.15) is 65.2 Å². The molecule has 286 valence electrons. The molecule has 0 radical (unpaired) electrons. The minimum absolute atomic E-state index is 0.0200. The number of hydrogen-bond donors (Lipinski definition) is 8. The SMILES string of the molecule is CC(O)C(C(=O)N1CCCC1)N1CC2(CCCN2)C1=O.CC(O)C(C(N)=O)N1CC2(CCCN2)C1=O.NC(=O)C(CO)N1CC2(CCCN2)C1=O. The van der Waals surface area contributed by atoms with E-state index in [0.717, 1.165) is 84.1 Å². The molecule has 8 unspecified atom stereocenters. The van der Waals surface area contributed by atoms with Gasteiger partial charge in [-0.05, 0) is 84.8 Å². The Bertz CT molecular complexity index is 1350. The third-order valence-corrected chi connectivity index (χ3v) is 11.5. The summed E-state index contributed by atoms with van der Waals surface area (Å²) >= 11 is 0. The van der Waals surface area contributed by atoms with E-state index in [1.165, 1.54) is 16.7 Å². The summed E-state index contributed by atoms with van der Waals surface area (Å²) in [5, 5.41) is 37.9. The molecule has 7 heterocycles. The van der Waals surface area contributed by atoms with Crippen LogP contribution in [0.3, 0.4) is 0 Å². The van der Waals surface area contributed by atoms with E-state index in [9.17, 15) is 39.0 Å². The quantitative estimate of drug-likeness (QED) is 0.105. The molecule has 10 N–H and O–H groups in total. The molecule has 0 aromatic heterocycles. The summed E-state index contributed by atoms with van der Waals surface area (Å²) in [4.78, 5) is 77.0. The minimum Gasteiger partial charge on any atom is -0.394 e. The highest BCUT2D eigenvalue weighted by Gasteiger charge is 2.59. The van der Waals surface area contributed by atoms with Crippen molar-refractivity contribution in [1.29, 1.82) is 0 Å². The fraction of sp³-hybridized carbons (Fsp3) is 0.818. The Morgan fingerprint density at radius 1 is 0.667 bits per heavy atom. The van der Waals surface area contributed by atoms with Crippen LogP contribution in [0, 0.1) is 0 Å². The topological polar surface area (TPSA) is 264 Å². The number of nitrogens with zero attached hydrogens (tertiary/aromatic N) is 4. The van der Waals surface area contributed by atoms with Crippen molar-refractivity contribution in [1.82, 2.24) is 35.6 Å². The molecule has 0 aromatic carbocycles. The summed E-state index contributed by atoms with van der Waals surface area (Å²) in [7, 11) is 0. The fourth-order valence-corrected chi connectivity index (χ4v) is 8.63. The van der Waals surface area contributed by atoms with Crippen LogP contribution in [0.5, 0.6) is 0 Å². The van der Waals surface area contributed by atoms with Gasteiger partial charge in [0, 0.05) is 32.7 Å². The normalized spacial score (nSPS) is 32.4. The number of primary amides is 2. The van der Waals surface area contributed by atoms with Crippen LogP contribution in [0.2, 0.25) is 0 Å². The Morgan fingerprint density at radius 3 is 1.35 bits per heavy atom. The van der Waals surface area contributed by atoms with Gasteiger partial charge in [-0.3, -0.25) is 28.8 Å². The van der Waals surface area contributed by atoms with E-state index in [1.54, 1.807) is 16.7 Å². The second-order valence-corrected chi connectivity index (χ2v) is 15.0. The standard InChI is InChI=1S/C14H23N3O3.C10H17N3O3.C9H15N3O3/c1-10(18)11(12(19)16-7-2-3-8-16)17-9-14(13(17)20)5-4-6-15-14;1-6(14)7(8(11)15)13-5-10(9(13)16)3-2-4-12-10;10-7(14)6(4-13)12-5-9(8(12)15)2-1-3-11-9/h10-11,15,18H,2-9H2,1H3;6-7,12,14H,2-5H2,1H3,(H2,11,15);6,11,13H,1-5H2,(H2,10,14). The lowest BCUT2D eigenvalue weighted by Gasteiger charge is -2.50. The number of nitrogens with one attached hydrogen (secondary N) is 3. The Balaban J connectivity index is 0.000000150. The number of likely N-dealkylation sites (tertiary alicyclic amines) is 4. The summed E-state index contributed by atoms with van der Waals surface area (Å²) in [5.41, 5.74) is 8.88. The van der Waals surface area contributed by atoms with E-state index < -0.39 is 65.4 Å². The van der Waals surface area contributed by atoms with Gasteiger partial charge in [0.1, 0.15) is 34.7 Å². The van der Waals surface area contributed by atoms with E-state index in [2.05, 4.69) is 16.0 Å². The lowest BCUT2D eigenvalue weighted by Crippen LogP contribution is -2.76. The van der Waals surface area contributed by atoms with Crippen molar-refractivity contribution in [3.05, 3.63) is 0 Å². The average molecular weight is 722 g/mol. The third-order valence-electron chi connectivity index (χ3n) is 11.5. The van der Waals surface area contributed by atoms with E-state index in [0.29, 0.717) is 19.6 Å². The highest BCUT2D eigenvalue weighted by atomic mass is 16.3. The van der Waals surface area contributed by atoms with Crippen molar-refractivity contribution in [3.63, 3.8) is 0 Å². The molecule has 7 rings (SSSR count). The first-order valence-electron chi connectivity index (χ1n) is 18.2. The van der Waals surface area contributed by atoms with Crippen molar-refractivity contribution in [2.45, 2.75) is 112 Å². The summed E-state index contributed by atoms with van der Waals surface area (Å²) in [5.74, 6) is -1.66. The van der Waals surface area contributed by atoms with Gasteiger partial charge < -0.3 is 62.3 Å². The number of aliphatic hydroxyl groups is 3. The summed E-state index contributed by atoms with van der Waals surface area (Å²) in [6.45, 7) is 8.15. The van der Waals surface area contributed by atoms with Crippen LogP contribution in [0.25, 0.3) is 0 Å². The molecule has 0 aromatic rings. The molecule has 0 aliphatic carbocycles. The van der Waals surface area contributed by atoms with Crippen molar-refractivity contribution < 1.29 is 44.1 Å². The molecule has 51 heavy (non-hydrogen) atoms. The van der Waals surface area contributed by atoms with Crippen molar-refractivity contribution in [3.8, 4) is 0 Å². The molecule has 7 fully saturated rings. The third kappa shape index (κ3) is 7.18. The van der Waals surface area contributed by atoms with Gasteiger partial charge >= 0.3 is 0 Å². The summed E-state index contributed by atoms with van der Waals surface area (Å²) < 4.78 is 0. The van der Waals surface area contributed by atoms with Gasteiger partial charge in [0.15, 0.2) is 0 Å². The van der Waals surface area contributed by atoms with E-state index in [-0.39, 0.29) is 23.6 Å². The molecule has 18 heteroatoms. The summed E-state index contributed by atoms with van der Waals surface area (Å²) in [6.07, 6.45) is 5.65. The number of rotatable bonds is 9. The molecule has 8 atom stereocenters. The van der Waals surface area contributed by atoms with Crippen LogP contribution in [-0.2, 0) is 28.8 Å². The molecule has 7 aliphatic heterocycles. The van der Waals surface area contributed by atoms with Crippen molar-refractivity contribution in [2.24, 2.45) is 11.5 Å². The highest BCUT2D eigenvalue weighted by molar-refractivity contribution is 5.99. The molecule has 3 spiro atoms. The Morgan fingerprint density at radius 2 is 1.06 bits per heavy atom. The van der Waals surface area contributed by atoms with E-state index in [1.807, 2.05) is 0 Å². The first-order chi connectivity index (χ1) is 24.1. The Hall–Kier alpha value is -3.42. The second kappa shape index (κ2) is 15.3. The number of carbonyl (C=O) groups excluding carboxylic acids is 6. The van der Waals surface area contributed by atoms with Crippen LogP contribution >= 0.6 is 0 Å². The highest BCUT2D eigenvalue weighted by Crippen LogP contribution is 2.36. The maximum atomic E-state index is 12.5. The predicted octanol–water partition coefficient (Wildman–Crippen LogP) is -4.69. The number of amides is 6. The molecule has 0 bridgehead atoms. The monoisotopic (exact) mass is 721 g/mol. The number of β-lactam (4-membered cyclic amide) rings is 3. The van der Waals surface area contributed by atoms with Crippen LogP contribution < -0.4 is 27.4 Å². The van der Waals surface area contributed by atoms with Gasteiger partial charge in [-0.15, -0.1) is 0 Å². The van der Waals surface area contributed by atoms with Gasteiger partial charge in [0.2, 0.25) is 35.4 Å². The molecule has 0 saturated carbocycles. The lowest BCUT2D eigenvalue weighted by atomic mass is 9.84. The molecule has 7 saturated heterocycles. The first-order valence-corrected chi connectivity index (χ1v) is 18.2. The van der Waals surface area contributed by atoms with Gasteiger partial charge in [0.25, 0.3) is 0 Å². The molecule has 18 nitrogen and oxygen atoms in total. The number of hydrogen-bond acceptors (Lipinski definition) is 12. The Kier molecular flexibility index (Phi) is 11.6. The number of aliphatic hydroxyl groups excluding tert-OH is 3. The van der Waals surface area contributed by atoms with Gasteiger partial charge in [0.05, 0.1) is 18.8 Å². The van der Waals surface area contributed by atoms with Gasteiger partial charge in [-0.2, -0.15) is 0 Å². The molecular formula is C33H55N9O9. The number of nitrogens with two attached hydrogens (primary N) is 2.